The van der Waals surface area contributed by atoms with Gasteiger partial charge in [-0.1, -0.05) is 23.7 Å². The summed E-state index contributed by atoms with van der Waals surface area (Å²) < 4.78 is 0. The van der Waals surface area contributed by atoms with Crippen molar-refractivity contribution < 1.29 is 0 Å². The molecule has 22 heavy (non-hydrogen) atoms. The van der Waals surface area contributed by atoms with E-state index in [1.807, 2.05) is 12.1 Å². The third kappa shape index (κ3) is 3.90. The van der Waals surface area contributed by atoms with Crippen LogP contribution in [-0.2, 0) is 6.42 Å². The number of hydrogen-bond acceptors (Lipinski definition) is 5. The Morgan fingerprint density at radius 2 is 2.00 bits per heavy atom. The number of aromatic nitrogens is 3. The number of hydrogen-bond donors (Lipinski definition) is 3. The number of anilines is 2. The summed E-state index contributed by atoms with van der Waals surface area (Å²) in [5.74, 6) is 1.08. The quantitative estimate of drug-likeness (QED) is 0.783. The molecule has 0 aliphatic carbocycles. The van der Waals surface area contributed by atoms with Crippen LogP contribution in [0.15, 0.2) is 24.3 Å². The van der Waals surface area contributed by atoms with Crippen molar-refractivity contribution in [1.29, 1.82) is 0 Å². The van der Waals surface area contributed by atoms with E-state index in [0.717, 1.165) is 49.9 Å². The molecule has 0 saturated carbocycles. The van der Waals surface area contributed by atoms with E-state index < -0.39 is 0 Å². The largest absolute Gasteiger partial charge is 0.366 e. The Kier molecular flexibility index (Phi) is 4.80. The van der Waals surface area contributed by atoms with E-state index in [-0.39, 0.29) is 0 Å². The minimum atomic E-state index is 0.304. The summed E-state index contributed by atoms with van der Waals surface area (Å²) in [6, 6.07) is 8.61. The number of H-pyrrole nitrogens is 1. The lowest BCUT2D eigenvalue weighted by Crippen LogP contribution is -2.43. The van der Waals surface area contributed by atoms with Crippen molar-refractivity contribution in [1.82, 2.24) is 20.5 Å². The molecule has 0 atom stereocenters. The molecule has 2 aromatic rings. The average molecular weight is 321 g/mol. The van der Waals surface area contributed by atoms with E-state index in [9.17, 15) is 0 Å². The van der Waals surface area contributed by atoms with E-state index in [4.69, 9.17) is 17.3 Å². The fourth-order valence-electron chi connectivity index (χ4n) is 2.77. The van der Waals surface area contributed by atoms with Gasteiger partial charge >= 0.3 is 0 Å². The molecule has 2 heterocycles. The molecule has 1 fully saturated rings. The van der Waals surface area contributed by atoms with Gasteiger partial charge in [-0.05, 0) is 43.5 Å². The SMILES string of the molecule is Nc1n[nH]c(N2CCC(NCCc3ccc(Cl)cc3)CC2)n1. The maximum absolute atomic E-state index is 5.89. The van der Waals surface area contributed by atoms with E-state index >= 15 is 0 Å². The smallest absolute Gasteiger partial charge is 0.241 e. The molecule has 0 amide bonds. The zero-order valence-corrected chi connectivity index (χ0v) is 13.2. The molecule has 3 rings (SSSR count). The molecule has 1 saturated heterocycles. The minimum Gasteiger partial charge on any atom is -0.366 e. The molecule has 1 aliphatic heterocycles. The van der Waals surface area contributed by atoms with Crippen molar-refractivity contribution >= 4 is 23.5 Å². The number of piperidine rings is 1. The lowest BCUT2D eigenvalue weighted by molar-refractivity contribution is 0.415. The van der Waals surface area contributed by atoms with Gasteiger partial charge in [-0.3, -0.25) is 0 Å². The van der Waals surface area contributed by atoms with Crippen LogP contribution in [0.25, 0.3) is 0 Å². The Morgan fingerprint density at radius 3 is 2.64 bits per heavy atom. The van der Waals surface area contributed by atoms with Crippen LogP contribution in [-0.4, -0.2) is 40.9 Å². The minimum absolute atomic E-state index is 0.304. The lowest BCUT2D eigenvalue weighted by Gasteiger charge is -2.32. The van der Waals surface area contributed by atoms with Crippen molar-refractivity contribution in [2.24, 2.45) is 0 Å². The summed E-state index contributed by atoms with van der Waals surface area (Å²) >= 11 is 5.89. The fourth-order valence-corrected chi connectivity index (χ4v) is 2.90. The molecule has 6 nitrogen and oxygen atoms in total. The summed E-state index contributed by atoms with van der Waals surface area (Å²) in [7, 11) is 0. The Morgan fingerprint density at radius 1 is 1.27 bits per heavy atom. The number of nitrogens with zero attached hydrogens (tertiary/aromatic N) is 3. The third-order valence-electron chi connectivity index (χ3n) is 4.05. The maximum atomic E-state index is 5.89. The molecular weight excluding hydrogens is 300 g/mol. The molecule has 1 aromatic heterocycles. The van der Waals surface area contributed by atoms with Gasteiger partial charge in [-0.2, -0.15) is 4.98 Å². The van der Waals surface area contributed by atoms with Crippen molar-refractivity contribution in [3.8, 4) is 0 Å². The number of rotatable bonds is 5. The van der Waals surface area contributed by atoms with E-state index in [0.29, 0.717) is 12.0 Å². The molecular formula is C15H21ClN6. The van der Waals surface area contributed by atoms with Crippen molar-refractivity contribution in [2.75, 3.05) is 30.3 Å². The number of nitrogen functional groups attached to an aromatic ring is 1. The van der Waals surface area contributed by atoms with Gasteiger partial charge in [0, 0.05) is 24.2 Å². The highest BCUT2D eigenvalue weighted by molar-refractivity contribution is 6.30. The highest BCUT2D eigenvalue weighted by Crippen LogP contribution is 2.16. The summed E-state index contributed by atoms with van der Waals surface area (Å²) in [6.07, 6.45) is 3.22. The molecule has 118 valence electrons. The van der Waals surface area contributed by atoms with Crippen LogP contribution in [0.5, 0.6) is 0 Å². The van der Waals surface area contributed by atoms with Crippen molar-refractivity contribution in [3.05, 3.63) is 34.9 Å². The molecule has 0 radical (unpaired) electrons. The predicted molar refractivity (Wildman–Crippen MR) is 89.2 cm³/mol. The molecule has 4 N–H and O–H groups in total. The topological polar surface area (TPSA) is 82.9 Å². The number of halogens is 1. The summed E-state index contributed by atoms with van der Waals surface area (Å²) in [5, 5.41) is 11.2. The molecule has 1 aromatic carbocycles. The van der Waals surface area contributed by atoms with E-state index in [2.05, 4.69) is 37.5 Å². The molecule has 0 bridgehead atoms. The molecule has 1 aliphatic rings. The van der Waals surface area contributed by atoms with Gasteiger partial charge in [-0.25, -0.2) is 5.10 Å². The number of nitrogens with two attached hydrogens (primary N) is 1. The molecule has 7 heteroatoms. The van der Waals surface area contributed by atoms with Crippen LogP contribution < -0.4 is 16.0 Å². The van der Waals surface area contributed by atoms with Gasteiger partial charge in [0.15, 0.2) is 0 Å². The zero-order valence-electron chi connectivity index (χ0n) is 12.4. The first kappa shape index (κ1) is 15.1. The third-order valence-corrected chi connectivity index (χ3v) is 4.30. The van der Waals surface area contributed by atoms with Gasteiger partial charge in [0.1, 0.15) is 0 Å². The van der Waals surface area contributed by atoms with Crippen molar-refractivity contribution in [2.45, 2.75) is 25.3 Å². The van der Waals surface area contributed by atoms with Crippen LogP contribution in [0.4, 0.5) is 11.9 Å². The molecule has 0 spiro atoms. The van der Waals surface area contributed by atoms with Crippen LogP contribution in [0.1, 0.15) is 18.4 Å². The summed E-state index contributed by atoms with van der Waals surface area (Å²) in [4.78, 5) is 6.37. The Hall–Kier alpha value is -1.79. The predicted octanol–water partition coefficient (Wildman–Crippen LogP) is 1.84. The highest BCUT2D eigenvalue weighted by Gasteiger charge is 2.20. The Labute approximate surface area is 135 Å². The monoisotopic (exact) mass is 320 g/mol. The Balaban J connectivity index is 1.39. The first-order valence-corrected chi connectivity index (χ1v) is 7.99. The lowest BCUT2D eigenvalue weighted by atomic mass is 10.0. The van der Waals surface area contributed by atoms with E-state index in [1.165, 1.54) is 5.56 Å². The molecule has 0 unspecified atom stereocenters. The van der Waals surface area contributed by atoms with Crippen LogP contribution >= 0.6 is 11.6 Å². The first-order valence-electron chi connectivity index (χ1n) is 7.61. The second-order valence-electron chi connectivity index (χ2n) is 5.61. The number of benzene rings is 1. The van der Waals surface area contributed by atoms with Crippen LogP contribution in [0.2, 0.25) is 5.02 Å². The number of nitrogens with one attached hydrogen (secondary N) is 2. The van der Waals surface area contributed by atoms with Gasteiger partial charge in [-0.15, -0.1) is 5.10 Å². The maximum Gasteiger partial charge on any atom is 0.241 e. The van der Waals surface area contributed by atoms with Gasteiger partial charge in [0.25, 0.3) is 0 Å². The standard InChI is InChI=1S/C15H21ClN6/c16-12-3-1-11(2-4-12)5-8-18-13-6-9-22(10-7-13)15-19-14(17)20-21-15/h1-4,13,18H,5-10H2,(H3,17,19,20,21). The summed E-state index contributed by atoms with van der Waals surface area (Å²) in [5.41, 5.74) is 6.85. The fraction of sp³-hybridized carbons (Fsp3) is 0.467. The normalized spacial score (nSPS) is 16.1. The summed E-state index contributed by atoms with van der Waals surface area (Å²) in [6.45, 7) is 2.92. The first-order chi connectivity index (χ1) is 10.7. The van der Waals surface area contributed by atoms with Crippen LogP contribution in [0.3, 0.4) is 0 Å². The van der Waals surface area contributed by atoms with Gasteiger partial charge in [0.2, 0.25) is 11.9 Å². The van der Waals surface area contributed by atoms with Crippen LogP contribution in [0, 0.1) is 0 Å². The second-order valence-corrected chi connectivity index (χ2v) is 6.05. The van der Waals surface area contributed by atoms with Gasteiger partial charge in [0.05, 0.1) is 0 Å². The van der Waals surface area contributed by atoms with E-state index in [1.54, 1.807) is 0 Å². The average Bonchev–Trinajstić information content (AvgIpc) is 2.97. The number of aromatic amines is 1. The second kappa shape index (κ2) is 6.98. The van der Waals surface area contributed by atoms with Crippen molar-refractivity contribution in [3.63, 3.8) is 0 Å². The van der Waals surface area contributed by atoms with Gasteiger partial charge < -0.3 is 16.0 Å². The Bertz CT molecular complexity index is 588. The zero-order chi connectivity index (χ0) is 15.4. The highest BCUT2D eigenvalue weighted by atomic mass is 35.5.